The van der Waals surface area contributed by atoms with E-state index in [1.807, 2.05) is 36.6 Å². The summed E-state index contributed by atoms with van der Waals surface area (Å²) >= 11 is 13.5. The monoisotopic (exact) mass is 548 g/mol. The molecule has 0 saturated carbocycles. The summed E-state index contributed by atoms with van der Waals surface area (Å²) in [7, 11) is 0. The van der Waals surface area contributed by atoms with Crippen LogP contribution in [0.1, 0.15) is 15.9 Å². The quantitative estimate of drug-likeness (QED) is 0.270. The lowest BCUT2D eigenvalue weighted by molar-refractivity contribution is -0.120. The topological polar surface area (TPSA) is 91.4 Å². The molecule has 3 amide bonds. The maximum Gasteiger partial charge on any atom is 0.283 e. The molecule has 0 unspecified atom stereocenters. The molecule has 10 heteroatoms. The first kappa shape index (κ1) is 24.7. The molecular formula is C27H18Cl2N4O3S. The summed E-state index contributed by atoms with van der Waals surface area (Å²) in [6.07, 6.45) is 0. The molecule has 1 aliphatic rings. The number of aromatic nitrogens is 1. The third-order valence-corrected chi connectivity index (χ3v) is 7.03. The Bertz CT molecular complexity index is 1560. The van der Waals surface area contributed by atoms with Crippen molar-refractivity contribution in [3.8, 4) is 11.3 Å². The Morgan fingerprint density at radius 2 is 1.62 bits per heavy atom. The second-order valence-electron chi connectivity index (χ2n) is 8.12. The lowest BCUT2D eigenvalue weighted by Crippen LogP contribution is -2.32. The summed E-state index contributed by atoms with van der Waals surface area (Å²) in [6.45, 7) is 1.81. The normalized spacial score (nSPS) is 13.3. The van der Waals surface area contributed by atoms with E-state index >= 15 is 0 Å². The second-order valence-corrected chi connectivity index (χ2v) is 9.79. The minimum atomic E-state index is -0.596. The zero-order valence-electron chi connectivity index (χ0n) is 19.3. The van der Waals surface area contributed by atoms with E-state index < -0.39 is 11.8 Å². The van der Waals surface area contributed by atoms with Crippen LogP contribution in [0.3, 0.4) is 0 Å². The van der Waals surface area contributed by atoms with Gasteiger partial charge >= 0.3 is 0 Å². The maximum atomic E-state index is 13.0. The van der Waals surface area contributed by atoms with E-state index in [-0.39, 0.29) is 16.6 Å². The molecule has 0 atom stereocenters. The third kappa shape index (κ3) is 4.99. The first-order valence-electron chi connectivity index (χ1n) is 11.1. The average molecular weight is 549 g/mol. The van der Waals surface area contributed by atoms with Crippen LogP contribution in [0, 0.1) is 6.92 Å². The number of carbonyl (C=O) groups excluding carboxylic acids is 3. The fourth-order valence-electron chi connectivity index (χ4n) is 3.75. The Balaban J connectivity index is 1.26. The Kier molecular flexibility index (Phi) is 6.80. The molecule has 3 aromatic carbocycles. The number of nitrogens with zero attached hydrogens (tertiary/aromatic N) is 2. The summed E-state index contributed by atoms with van der Waals surface area (Å²) in [5.41, 5.74) is 3.74. The Labute approximate surface area is 226 Å². The molecule has 1 aliphatic heterocycles. The van der Waals surface area contributed by atoms with Crippen LogP contribution in [0.25, 0.3) is 11.3 Å². The number of benzene rings is 3. The number of anilines is 3. The molecule has 2 heterocycles. The summed E-state index contributed by atoms with van der Waals surface area (Å²) in [4.78, 5) is 43.9. The summed E-state index contributed by atoms with van der Waals surface area (Å²) in [5.74, 6) is -1.48. The van der Waals surface area contributed by atoms with Gasteiger partial charge in [0.25, 0.3) is 17.7 Å². The number of aryl methyl sites for hydroxylation is 1. The van der Waals surface area contributed by atoms with Crippen molar-refractivity contribution in [2.45, 2.75) is 6.92 Å². The van der Waals surface area contributed by atoms with Crippen LogP contribution in [-0.4, -0.2) is 22.7 Å². The van der Waals surface area contributed by atoms with Gasteiger partial charge in [-0.1, -0.05) is 53.5 Å². The summed E-state index contributed by atoms with van der Waals surface area (Å²) in [6, 6.07) is 20.8. The highest BCUT2D eigenvalue weighted by molar-refractivity contribution is 7.14. The van der Waals surface area contributed by atoms with Crippen molar-refractivity contribution in [2.24, 2.45) is 0 Å². The zero-order valence-corrected chi connectivity index (χ0v) is 21.6. The highest BCUT2D eigenvalue weighted by Crippen LogP contribution is 2.32. The molecule has 37 heavy (non-hydrogen) atoms. The first-order chi connectivity index (χ1) is 17.8. The van der Waals surface area contributed by atoms with E-state index in [1.165, 1.54) is 11.3 Å². The van der Waals surface area contributed by atoms with Gasteiger partial charge in [-0.05, 0) is 55.0 Å². The van der Waals surface area contributed by atoms with E-state index in [4.69, 9.17) is 23.2 Å². The van der Waals surface area contributed by atoms with Crippen LogP contribution < -0.4 is 15.5 Å². The van der Waals surface area contributed by atoms with E-state index in [9.17, 15) is 14.4 Å². The summed E-state index contributed by atoms with van der Waals surface area (Å²) < 4.78 is 0. The van der Waals surface area contributed by atoms with Gasteiger partial charge in [0.2, 0.25) is 0 Å². The standard InChI is InChI=1S/C27H18Cl2N4O3S/c1-15-4-2-3-5-21(15)33-25(35)22(29)23(26(33)36)30-19-12-8-17(9-13-19)24(34)32-27-31-20(14-37-27)16-6-10-18(28)11-7-16/h2-14,30H,1H3,(H,31,32,34). The number of hydrogen-bond acceptors (Lipinski definition) is 6. The fraction of sp³-hybridized carbons (Fsp3) is 0.0370. The summed E-state index contributed by atoms with van der Waals surface area (Å²) in [5, 5.41) is 8.45. The van der Waals surface area contributed by atoms with Gasteiger partial charge in [0.1, 0.15) is 10.7 Å². The molecule has 7 nitrogen and oxygen atoms in total. The van der Waals surface area contributed by atoms with Gasteiger partial charge in [-0.3, -0.25) is 19.7 Å². The van der Waals surface area contributed by atoms with E-state index in [1.54, 1.807) is 48.5 Å². The lowest BCUT2D eigenvalue weighted by Gasteiger charge is -2.17. The second kappa shape index (κ2) is 10.2. The van der Waals surface area contributed by atoms with Gasteiger partial charge in [0.05, 0.1) is 11.4 Å². The predicted molar refractivity (Wildman–Crippen MR) is 147 cm³/mol. The van der Waals surface area contributed by atoms with Crippen molar-refractivity contribution in [3.05, 3.63) is 105 Å². The van der Waals surface area contributed by atoms with Crippen LogP contribution in [0.15, 0.2) is 88.9 Å². The minimum absolute atomic E-state index is 0.0235. The van der Waals surface area contributed by atoms with Gasteiger partial charge in [-0.15, -0.1) is 11.3 Å². The van der Waals surface area contributed by atoms with Crippen molar-refractivity contribution in [1.82, 2.24) is 4.98 Å². The molecule has 184 valence electrons. The first-order valence-corrected chi connectivity index (χ1v) is 12.7. The number of thiazole rings is 1. The number of halogens is 2. The molecule has 1 aromatic heterocycles. The SMILES string of the molecule is Cc1ccccc1N1C(=O)C(Cl)=C(Nc2ccc(C(=O)Nc3nc(-c4ccc(Cl)cc4)cs3)cc2)C1=O. The van der Waals surface area contributed by atoms with Gasteiger partial charge in [0, 0.05) is 27.2 Å². The number of imide groups is 1. The number of hydrogen-bond donors (Lipinski definition) is 2. The maximum absolute atomic E-state index is 13.0. The molecule has 0 bridgehead atoms. The molecule has 0 fully saturated rings. The average Bonchev–Trinajstić information content (AvgIpc) is 3.44. The minimum Gasteiger partial charge on any atom is -0.350 e. The van der Waals surface area contributed by atoms with Crippen molar-refractivity contribution < 1.29 is 14.4 Å². The van der Waals surface area contributed by atoms with E-state index in [0.29, 0.717) is 27.1 Å². The van der Waals surface area contributed by atoms with Gasteiger partial charge in [-0.25, -0.2) is 9.88 Å². The van der Waals surface area contributed by atoms with Crippen LogP contribution in [0.2, 0.25) is 5.02 Å². The molecule has 0 radical (unpaired) electrons. The Morgan fingerprint density at radius 3 is 2.32 bits per heavy atom. The molecule has 0 aliphatic carbocycles. The molecule has 5 rings (SSSR count). The molecule has 4 aromatic rings. The van der Waals surface area contributed by atoms with Gasteiger partial charge < -0.3 is 5.32 Å². The number of amides is 3. The fourth-order valence-corrected chi connectivity index (χ4v) is 4.80. The lowest BCUT2D eigenvalue weighted by atomic mass is 10.2. The van der Waals surface area contributed by atoms with Crippen LogP contribution in [-0.2, 0) is 9.59 Å². The van der Waals surface area contributed by atoms with Crippen molar-refractivity contribution in [3.63, 3.8) is 0 Å². The molecule has 2 N–H and O–H groups in total. The Hall–Kier alpha value is -3.98. The highest BCUT2D eigenvalue weighted by atomic mass is 35.5. The van der Waals surface area contributed by atoms with Crippen molar-refractivity contribution in [2.75, 3.05) is 15.5 Å². The van der Waals surface area contributed by atoms with E-state index in [0.717, 1.165) is 21.7 Å². The van der Waals surface area contributed by atoms with Gasteiger partial charge in [-0.2, -0.15) is 0 Å². The van der Waals surface area contributed by atoms with Crippen LogP contribution >= 0.6 is 34.5 Å². The smallest absolute Gasteiger partial charge is 0.283 e. The number of carbonyl (C=O) groups is 3. The molecule has 0 saturated heterocycles. The van der Waals surface area contributed by atoms with Crippen molar-refractivity contribution in [1.29, 1.82) is 0 Å². The van der Waals surface area contributed by atoms with Gasteiger partial charge in [0.15, 0.2) is 5.13 Å². The predicted octanol–water partition coefficient (Wildman–Crippen LogP) is 6.46. The highest BCUT2D eigenvalue weighted by Gasteiger charge is 2.39. The van der Waals surface area contributed by atoms with E-state index in [2.05, 4.69) is 15.6 Å². The Morgan fingerprint density at radius 1 is 0.919 bits per heavy atom. The van der Waals surface area contributed by atoms with Crippen LogP contribution in [0.5, 0.6) is 0 Å². The molecular weight excluding hydrogens is 531 g/mol. The number of rotatable bonds is 6. The largest absolute Gasteiger partial charge is 0.350 e. The molecule has 0 spiro atoms. The number of nitrogens with one attached hydrogen (secondary N) is 2. The number of para-hydroxylation sites is 1. The van der Waals surface area contributed by atoms with Crippen LogP contribution in [0.4, 0.5) is 16.5 Å². The zero-order chi connectivity index (χ0) is 26.1. The third-order valence-electron chi connectivity index (χ3n) is 5.66. The van der Waals surface area contributed by atoms with Crippen molar-refractivity contribution >= 4 is 68.8 Å².